The van der Waals surface area contributed by atoms with Crippen LogP contribution in [-0.4, -0.2) is 31.5 Å². The third kappa shape index (κ3) is 2.98. The number of benzene rings is 1. The largest absolute Gasteiger partial charge is 0.320 e. The predicted molar refractivity (Wildman–Crippen MR) is 87.1 cm³/mol. The number of nitrogens with one attached hydrogen (secondary N) is 1. The van der Waals surface area contributed by atoms with Gasteiger partial charge in [-0.15, -0.1) is 15.3 Å². The van der Waals surface area contributed by atoms with Gasteiger partial charge >= 0.3 is 0 Å². The van der Waals surface area contributed by atoms with Gasteiger partial charge in [0.15, 0.2) is 11.6 Å². The van der Waals surface area contributed by atoms with Gasteiger partial charge in [0, 0.05) is 17.2 Å². The molecule has 0 spiro atoms. The van der Waals surface area contributed by atoms with Gasteiger partial charge in [0.05, 0.1) is 0 Å². The number of hydrogen-bond donors (Lipinski definition) is 1. The van der Waals surface area contributed by atoms with Crippen LogP contribution in [0.1, 0.15) is 52.7 Å². The second-order valence-corrected chi connectivity index (χ2v) is 6.36. The van der Waals surface area contributed by atoms with Crippen LogP contribution in [0.15, 0.2) is 24.3 Å². The minimum Gasteiger partial charge on any atom is -0.320 e. The van der Waals surface area contributed by atoms with Gasteiger partial charge in [0.2, 0.25) is 9.97 Å². The number of amides is 1. The van der Waals surface area contributed by atoms with Crippen molar-refractivity contribution >= 4 is 33.7 Å². The molecule has 118 valence electrons. The monoisotopic (exact) mass is 329 g/mol. The molecule has 0 fully saturated rings. The number of fused-ring (bicyclic) bond motifs is 1. The summed E-state index contributed by atoms with van der Waals surface area (Å²) < 4.78 is 1.59. The van der Waals surface area contributed by atoms with E-state index in [1.807, 2.05) is 13.8 Å². The number of rotatable bonds is 4. The van der Waals surface area contributed by atoms with E-state index in [-0.39, 0.29) is 17.6 Å². The molecule has 1 amide bonds. The van der Waals surface area contributed by atoms with E-state index in [0.29, 0.717) is 27.0 Å². The molecule has 0 saturated carbocycles. The van der Waals surface area contributed by atoms with Crippen LogP contribution < -0.4 is 5.32 Å². The maximum Gasteiger partial charge on any atom is 0.286 e. The van der Waals surface area contributed by atoms with E-state index in [9.17, 15) is 9.59 Å². The molecule has 3 aromatic rings. The lowest BCUT2D eigenvalue weighted by atomic mass is 10.1. The third-order valence-corrected chi connectivity index (χ3v) is 4.15. The van der Waals surface area contributed by atoms with Gasteiger partial charge in [-0.1, -0.05) is 37.3 Å². The van der Waals surface area contributed by atoms with Crippen LogP contribution in [0, 0.1) is 0 Å². The molecule has 7 nitrogen and oxygen atoms in total. The average molecular weight is 329 g/mol. The Kier molecular flexibility index (Phi) is 3.91. The molecule has 1 aromatic carbocycles. The van der Waals surface area contributed by atoms with Crippen LogP contribution in [0.4, 0.5) is 5.69 Å². The first kappa shape index (κ1) is 15.3. The van der Waals surface area contributed by atoms with Crippen molar-refractivity contribution in [3.63, 3.8) is 0 Å². The Morgan fingerprint density at radius 1 is 1.26 bits per heavy atom. The first-order valence-corrected chi connectivity index (χ1v) is 7.92. The quantitative estimate of drug-likeness (QED) is 0.743. The molecule has 0 atom stereocenters. The summed E-state index contributed by atoms with van der Waals surface area (Å²) in [4.78, 5) is 24.3. The molecule has 2 aromatic heterocycles. The fraction of sp³-hybridized carbons (Fsp3) is 0.267. The van der Waals surface area contributed by atoms with E-state index >= 15 is 0 Å². The summed E-state index contributed by atoms with van der Waals surface area (Å²) in [7, 11) is 0. The first-order chi connectivity index (χ1) is 11.0. The maximum absolute atomic E-state index is 12.3. The van der Waals surface area contributed by atoms with Crippen LogP contribution in [0.25, 0.3) is 4.96 Å². The fourth-order valence-electron chi connectivity index (χ4n) is 2.08. The van der Waals surface area contributed by atoms with Crippen molar-refractivity contribution in [3.8, 4) is 0 Å². The van der Waals surface area contributed by atoms with E-state index in [1.165, 1.54) is 18.3 Å². The summed E-state index contributed by atoms with van der Waals surface area (Å²) in [6.07, 6.45) is 0. The first-order valence-electron chi connectivity index (χ1n) is 7.10. The molecule has 0 saturated heterocycles. The van der Waals surface area contributed by atoms with Gasteiger partial charge in [-0.2, -0.15) is 4.52 Å². The summed E-state index contributed by atoms with van der Waals surface area (Å²) in [5.74, 6) is 0.488. The van der Waals surface area contributed by atoms with Crippen LogP contribution in [0.5, 0.6) is 0 Å². The SMILES string of the molecule is CC(=O)c1cccc(NC(=O)c2nn3c(C(C)C)nnc3s2)c1. The van der Waals surface area contributed by atoms with Crippen LogP contribution in [0.2, 0.25) is 0 Å². The van der Waals surface area contributed by atoms with Crippen molar-refractivity contribution in [2.24, 2.45) is 0 Å². The Bertz CT molecular complexity index is 896. The van der Waals surface area contributed by atoms with E-state index in [0.717, 1.165) is 0 Å². The molecule has 0 bridgehead atoms. The number of aromatic nitrogens is 4. The zero-order valence-electron chi connectivity index (χ0n) is 12.9. The Labute approximate surface area is 136 Å². The smallest absolute Gasteiger partial charge is 0.286 e. The average Bonchev–Trinajstić information content (AvgIpc) is 3.07. The second-order valence-electron chi connectivity index (χ2n) is 5.41. The topological polar surface area (TPSA) is 89.2 Å². The van der Waals surface area contributed by atoms with Gasteiger partial charge in [-0.25, -0.2) is 0 Å². The number of hydrogen-bond acceptors (Lipinski definition) is 6. The van der Waals surface area contributed by atoms with Gasteiger partial charge < -0.3 is 5.32 Å². The summed E-state index contributed by atoms with van der Waals surface area (Å²) in [5, 5.41) is 15.4. The molecular formula is C15H15N5O2S. The molecule has 0 aliphatic carbocycles. The molecule has 23 heavy (non-hydrogen) atoms. The lowest BCUT2D eigenvalue weighted by Gasteiger charge is -2.04. The third-order valence-electron chi connectivity index (χ3n) is 3.25. The minimum atomic E-state index is -0.337. The lowest BCUT2D eigenvalue weighted by Crippen LogP contribution is -2.13. The van der Waals surface area contributed by atoms with E-state index in [1.54, 1.807) is 28.8 Å². The highest BCUT2D eigenvalue weighted by molar-refractivity contribution is 7.18. The van der Waals surface area contributed by atoms with Crippen molar-refractivity contribution in [2.45, 2.75) is 26.7 Å². The zero-order chi connectivity index (χ0) is 16.6. The number of ketones is 1. The normalized spacial score (nSPS) is 11.1. The molecule has 3 rings (SSSR count). The molecule has 0 radical (unpaired) electrons. The standard InChI is InChI=1S/C15H15N5O2S/c1-8(2)12-17-18-15-20(12)19-14(23-15)13(22)16-11-6-4-5-10(7-11)9(3)21/h4-8H,1-3H3,(H,16,22). The van der Waals surface area contributed by atoms with Crippen LogP contribution in [0.3, 0.4) is 0 Å². The van der Waals surface area contributed by atoms with Crippen molar-refractivity contribution in [1.29, 1.82) is 0 Å². The van der Waals surface area contributed by atoms with Crippen molar-refractivity contribution in [3.05, 3.63) is 40.7 Å². The van der Waals surface area contributed by atoms with Crippen LogP contribution in [-0.2, 0) is 0 Å². The van der Waals surface area contributed by atoms with Crippen LogP contribution >= 0.6 is 11.3 Å². The van der Waals surface area contributed by atoms with Crippen molar-refractivity contribution in [2.75, 3.05) is 5.32 Å². The number of nitrogens with zero attached hydrogens (tertiary/aromatic N) is 4. The zero-order valence-corrected chi connectivity index (χ0v) is 13.7. The Balaban J connectivity index is 1.86. The fourth-order valence-corrected chi connectivity index (χ4v) is 2.83. The lowest BCUT2D eigenvalue weighted by molar-refractivity contribution is 0.101. The summed E-state index contributed by atoms with van der Waals surface area (Å²) in [6, 6.07) is 6.79. The Hall–Kier alpha value is -2.61. The number of Topliss-reactive ketones (excluding diaryl/α,β-unsaturated/α-hetero) is 1. The van der Waals surface area contributed by atoms with Gasteiger partial charge in [0.25, 0.3) is 5.91 Å². The summed E-state index contributed by atoms with van der Waals surface area (Å²) >= 11 is 1.17. The van der Waals surface area contributed by atoms with Gasteiger partial charge in [0.1, 0.15) is 0 Å². The van der Waals surface area contributed by atoms with E-state index in [4.69, 9.17) is 0 Å². The maximum atomic E-state index is 12.3. The highest BCUT2D eigenvalue weighted by Crippen LogP contribution is 2.20. The van der Waals surface area contributed by atoms with Gasteiger partial charge in [-0.3, -0.25) is 9.59 Å². The summed E-state index contributed by atoms with van der Waals surface area (Å²) in [6.45, 7) is 5.46. The molecule has 2 heterocycles. The van der Waals surface area contributed by atoms with Gasteiger partial charge in [-0.05, 0) is 19.1 Å². The molecule has 0 aliphatic rings. The molecule has 8 heteroatoms. The number of anilines is 1. The highest BCUT2D eigenvalue weighted by atomic mass is 32.1. The predicted octanol–water partition coefficient (Wildman–Crippen LogP) is 2.76. The second kappa shape index (κ2) is 5.88. The molecule has 1 N–H and O–H groups in total. The highest BCUT2D eigenvalue weighted by Gasteiger charge is 2.18. The van der Waals surface area contributed by atoms with Crippen molar-refractivity contribution in [1.82, 2.24) is 19.8 Å². The Morgan fingerprint density at radius 2 is 2.04 bits per heavy atom. The molecule has 0 aliphatic heterocycles. The Morgan fingerprint density at radius 3 is 2.74 bits per heavy atom. The molecular weight excluding hydrogens is 314 g/mol. The minimum absolute atomic E-state index is 0.0542. The summed E-state index contributed by atoms with van der Waals surface area (Å²) in [5.41, 5.74) is 1.10. The number of carbonyl (C=O) groups excluding carboxylic acids is 2. The van der Waals surface area contributed by atoms with Crippen molar-refractivity contribution < 1.29 is 9.59 Å². The van der Waals surface area contributed by atoms with E-state index < -0.39 is 0 Å². The van der Waals surface area contributed by atoms with E-state index in [2.05, 4.69) is 20.6 Å². The molecule has 0 unspecified atom stereocenters. The number of carbonyl (C=O) groups is 2.